The van der Waals surface area contributed by atoms with E-state index in [2.05, 4.69) is 5.32 Å². The summed E-state index contributed by atoms with van der Waals surface area (Å²) < 4.78 is 0. The molecule has 0 spiro atoms. The third kappa shape index (κ3) is 5.08. The first-order chi connectivity index (χ1) is 12.6. The summed E-state index contributed by atoms with van der Waals surface area (Å²) in [5.41, 5.74) is 9.17. The predicted octanol–water partition coefficient (Wildman–Crippen LogP) is 3.68. The molecular formula is C21H26ClN3O2. The van der Waals surface area contributed by atoms with Gasteiger partial charge in [0.15, 0.2) is 0 Å². The minimum absolute atomic E-state index is 0. The van der Waals surface area contributed by atoms with E-state index >= 15 is 0 Å². The predicted molar refractivity (Wildman–Crippen MR) is 110 cm³/mol. The first-order valence-electron chi connectivity index (χ1n) is 9.05. The molecule has 27 heavy (non-hydrogen) atoms. The van der Waals surface area contributed by atoms with Crippen molar-refractivity contribution in [1.29, 1.82) is 0 Å². The lowest BCUT2D eigenvalue weighted by molar-refractivity contribution is -0.116. The average Bonchev–Trinajstić information content (AvgIpc) is 3.18. The lowest BCUT2D eigenvalue weighted by Crippen LogP contribution is -2.28. The Morgan fingerprint density at radius 3 is 2.41 bits per heavy atom. The maximum Gasteiger partial charge on any atom is 0.254 e. The quantitative estimate of drug-likeness (QED) is 0.821. The Kier molecular flexibility index (Phi) is 7.39. The minimum Gasteiger partial charge on any atom is -0.339 e. The molecule has 1 atom stereocenters. The molecule has 1 aliphatic heterocycles. The molecule has 1 heterocycles. The highest BCUT2D eigenvalue weighted by Gasteiger charge is 2.22. The van der Waals surface area contributed by atoms with E-state index in [1.54, 1.807) is 0 Å². The zero-order valence-electron chi connectivity index (χ0n) is 15.5. The van der Waals surface area contributed by atoms with Gasteiger partial charge in [-0.1, -0.05) is 36.4 Å². The first kappa shape index (κ1) is 20.9. The monoisotopic (exact) mass is 387 g/mol. The third-order valence-electron chi connectivity index (χ3n) is 4.86. The first-order valence-corrected chi connectivity index (χ1v) is 9.05. The van der Waals surface area contributed by atoms with Crippen LogP contribution in [0.4, 0.5) is 5.69 Å². The van der Waals surface area contributed by atoms with E-state index in [0.29, 0.717) is 11.3 Å². The fourth-order valence-electron chi connectivity index (χ4n) is 3.31. The number of anilines is 1. The standard InChI is InChI=1S/C21H25N3O2.ClH/c1-15-17(21(26)24-12-5-6-13-24)10-7-11-19(15)23-20(25)14-18(22)16-8-3-2-4-9-16;/h2-4,7-11,18H,5-6,12-14,22H2,1H3,(H,23,25);1H. The molecule has 0 saturated carbocycles. The van der Waals surface area contributed by atoms with E-state index in [1.807, 2.05) is 60.4 Å². The highest BCUT2D eigenvalue weighted by Crippen LogP contribution is 2.23. The molecule has 2 aromatic carbocycles. The fraction of sp³-hybridized carbons (Fsp3) is 0.333. The summed E-state index contributed by atoms with van der Waals surface area (Å²) >= 11 is 0. The molecule has 3 N–H and O–H groups in total. The van der Waals surface area contributed by atoms with Crippen LogP contribution < -0.4 is 11.1 Å². The average molecular weight is 388 g/mol. The SMILES string of the molecule is Cc1c(NC(=O)CC(N)c2ccccc2)cccc1C(=O)N1CCCC1.Cl. The smallest absolute Gasteiger partial charge is 0.254 e. The minimum atomic E-state index is -0.356. The third-order valence-corrected chi connectivity index (χ3v) is 4.86. The molecule has 1 fully saturated rings. The number of nitrogens with zero attached hydrogens (tertiary/aromatic N) is 1. The second-order valence-corrected chi connectivity index (χ2v) is 6.75. The van der Waals surface area contributed by atoms with E-state index in [1.165, 1.54) is 0 Å². The van der Waals surface area contributed by atoms with Gasteiger partial charge < -0.3 is 16.0 Å². The Morgan fingerprint density at radius 1 is 1.07 bits per heavy atom. The van der Waals surface area contributed by atoms with Gasteiger partial charge in [0, 0.05) is 36.8 Å². The van der Waals surface area contributed by atoms with Gasteiger partial charge >= 0.3 is 0 Å². The lowest BCUT2D eigenvalue weighted by Gasteiger charge is -2.19. The number of nitrogens with one attached hydrogen (secondary N) is 1. The van der Waals surface area contributed by atoms with Crippen LogP contribution in [0.1, 0.15) is 46.8 Å². The van der Waals surface area contributed by atoms with Gasteiger partial charge in [0.2, 0.25) is 5.91 Å². The van der Waals surface area contributed by atoms with Crippen LogP contribution in [0.3, 0.4) is 0 Å². The number of amides is 2. The highest BCUT2D eigenvalue weighted by atomic mass is 35.5. The Hall–Kier alpha value is -2.37. The van der Waals surface area contributed by atoms with Crippen LogP contribution >= 0.6 is 12.4 Å². The van der Waals surface area contributed by atoms with Crippen LogP contribution in [0.25, 0.3) is 0 Å². The van der Waals surface area contributed by atoms with Crippen molar-refractivity contribution in [3.63, 3.8) is 0 Å². The maximum atomic E-state index is 12.7. The summed E-state index contributed by atoms with van der Waals surface area (Å²) in [7, 11) is 0. The van der Waals surface area contributed by atoms with Crippen molar-refractivity contribution in [3.8, 4) is 0 Å². The molecule has 5 nitrogen and oxygen atoms in total. The number of benzene rings is 2. The van der Waals surface area contributed by atoms with Crippen LogP contribution in [0.5, 0.6) is 0 Å². The van der Waals surface area contributed by atoms with Crippen molar-refractivity contribution >= 4 is 29.9 Å². The van der Waals surface area contributed by atoms with Crippen molar-refractivity contribution in [2.75, 3.05) is 18.4 Å². The van der Waals surface area contributed by atoms with Crippen LogP contribution in [0, 0.1) is 6.92 Å². The number of hydrogen-bond donors (Lipinski definition) is 2. The van der Waals surface area contributed by atoms with E-state index in [4.69, 9.17) is 5.73 Å². The van der Waals surface area contributed by atoms with E-state index in [-0.39, 0.29) is 36.7 Å². The zero-order valence-corrected chi connectivity index (χ0v) is 16.3. The van der Waals surface area contributed by atoms with Crippen LogP contribution in [0.2, 0.25) is 0 Å². The van der Waals surface area contributed by atoms with E-state index < -0.39 is 0 Å². The van der Waals surface area contributed by atoms with Gasteiger partial charge in [-0.25, -0.2) is 0 Å². The van der Waals surface area contributed by atoms with Crippen LogP contribution in [0.15, 0.2) is 48.5 Å². The summed E-state index contributed by atoms with van der Waals surface area (Å²) in [6, 6.07) is 14.7. The Bertz CT molecular complexity index is 789. The zero-order chi connectivity index (χ0) is 18.5. The van der Waals surface area contributed by atoms with Gasteiger partial charge in [-0.05, 0) is 43.0 Å². The second-order valence-electron chi connectivity index (χ2n) is 6.75. The van der Waals surface area contributed by atoms with Crippen LogP contribution in [-0.4, -0.2) is 29.8 Å². The highest BCUT2D eigenvalue weighted by molar-refractivity contribution is 5.99. The van der Waals surface area contributed by atoms with Gasteiger partial charge in [-0.3, -0.25) is 9.59 Å². The fourth-order valence-corrected chi connectivity index (χ4v) is 3.31. The van der Waals surface area contributed by atoms with E-state index in [0.717, 1.165) is 37.1 Å². The molecule has 2 aromatic rings. The topological polar surface area (TPSA) is 75.4 Å². The van der Waals surface area contributed by atoms with Gasteiger partial charge in [0.25, 0.3) is 5.91 Å². The largest absolute Gasteiger partial charge is 0.339 e. The summed E-state index contributed by atoms with van der Waals surface area (Å²) in [5.74, 6) is -0.118. The summed E-state index contributed by atoms with van der Waals surface area (Å²) in [6.45, 7) is 3.48. The Morgan fingerprint density at radius 2 is 1.74 bits per heavy atom. The van der Waals surface area contributed by atoms with E-state index in [9.17, 15) is 9.59 Å². The molecule has 0 radical (unpaired) electrons. The second kappa shape index (κ2) is 9.53. The van der Waals surface area contributed by atoms with Gasteiger partial charge in [-0.15, -0.1) is 12.4 Å². The number of likely N-dealkylation sites (tertiary alicyclic amines) is 1. The number of carbonyl (C=O) groups is 2. The normalized spacial score (nSPS) is 14.4. The lowest BCUT2D eigenvalue weighted by atomic mass is 10.0. The van der Waals surface area contributed by atoms with Gasteiger partial charge in [-0.2, -0.15) is 0 Å². The number of rotatable bonds is 5. The molecule has 144 valence electrons. The molecule has 1 unspecified atom stereocenters. The number of carbonyl (C=O) groups excluding carboxylic acids is 2. The molecular weight excluding hydrogens is 362 g/mol. The van der Waals surface area contributed by atoms with Crippen LogP contribution in [-0.2, 0) is 4.79 Å². The molecule has 0 aromatic heterocycles. The van der Waals surface area contributed by atoms with Crippen molar-refractivity contribution in [2.45, 2.75) is 32.2 Å². The van der Waals surface area contributed by atoms with Crippen molar-refractivity contribution in [2.24, 2.45) is 5.73 Å². The number of hydrogen-bond acceptors (Lipinski definition) is 3. The molecule has 1 aliphatic rings. The number of nitrogens with two attached hydrogens (primary N) is 1. The maximum absolute atomic E-state index is 12.7. The van der Waals surface area contributed by atoms with Gasteiger partial charge in [0.1, 0.15) is 0 Å². The number of halogens is 1. The Balaban J connectivity index is 0.00000261. The van der Waals surface area contributed by atoms with Crippen molar-refractivity contribution in [3.05, 3.63) is 65.2 Å². The Labute approximate surface area is 166 Å². The summed E-state index contributed by atoms with van der Waals surface area (Å²) in [5, 5.41) is 2.91. The van der Waals surface area contributed by atoms with Gasteiger partial charge in [0.05, 0.1) is 0 Å². The molecule has 6 heteroatoms. The molecule has 0 bridgehead atoms. The molecule has 2 amide bonds. The molecule has 0 aliphatic carbocycles. The van der Waals surface area contributed by atoms with Crippen molar-refractivity contribution in [1.82, 2.24) is 4.90 Å². The van der Waals surface area contributed by atoms with Crippen molar-refractivity contribution < 1.29 is 9.59 Å². The molecule has 1 saturated heterocycles. The molecule has 3 rings (SSSR count). The summed E-state index contributed by atoms with van der Waals surface area (Å²) in [6.07, 6.45) is 2.30. The summed E-state index contributed by atoms with van der Waals surface area (Å²) in [4.78, 5) is 26.9.